The van der Waals surface area contributed by atoms with Gasteiger partial charge in [-0.15, -0.1) is 0 Å². The van der Waals surface area contributed by atoms with Crippen molar-refractivity contribution in [2.45, 2.75) is 0 Å². The molecule has 15 heavy (non-hydrogen) atoms. The number of aliphatic hydroxyl groups excluding tert-OH is 1. The Morgan fingerprint density at radius 2 is 2.20 bits per heavy atom. The number of carbonyl (C=O) groups excluding carboxylic acids is 1. The number of phenols is 2. The van der Waals surface area contributed by atoms with Crippen molar-refractivity contribution in [1.29, 1.82) is 0 Å². The van der Waals surface area contributed by atoms with Crippen LogP contribution in [0.2, 0.25) is 0 Å². The summed E-state index contributed by atoms with van der Waals surface area (Å²) in [5.74, 6) is -0.870. The molecule has 0 heterocycles. The second-order valence-corrected chi connectivity index (χ2v) is 2.69. The maximum Gasteiger partial charge on any atom is 0.265 e. The van der Waals surface area contributed by atoms with Crippen molar-refractivity contribution in [3.05, 3.63) is 23.8 Å². The Morgan fingerprint density at radius 3 is 2.80 bits per heavy atom. The first-order valence-corrected chi connectivity index (χ1v) is 4.08. The fourth-order valence-electron chi connectivity index (χ4n) is 0.850. The van der Waals surface area contributed by atoms with Crippen LogP contribution in [0, 0.1) is 0 Å². The van der Waals surface area contributed by atoms with Gasteiger partial charge >= 0.3 is 0 Å². The number of rotatable bonds is 3. The van der Waals surface area contributed by atoms with Crippen LogP contribution in [-0.2, 0) is 4.79 Å². The molecule has 0 spiro atoms. The van der Waals surface area contributed by atoms with Crippen LogP contribution in [0.3, 0.4) is 0 Å². The Balaban J connectivity index is 2.68. The fraction of sp³-hybridized carbons (Fsp3) is 0.111. The van der Waals surface area contributed by atoms with E-state index >= 15 is 0 Å². The number of nitrogens with zero attached hydrogens (tertiary/aromatic N) is 1. The molecule has 0 atom stereocenters. The van der Waals surface area contributed by atoms with Crippen molar-refractivity contribution >= 4 is 12.1 Å². The van der Waals surface area contributed by atoms with Crippen LogP contribution >= 0.6 is 0 Å². The average Bonchev–Trinajstić information content (AvgIpc) is 2.21. The molecule has 6 nitrogen and oxygen atoms in total. The lowest BCUT2D eigenvalue weighted by Gasteiger charge is -1.99. The molecular formula is C9H10N2O4. The third-order valence-corrected chi connectivity index (χ3v) is 1.55. The zero-order chi connectivity index (χ0) is 11.3. The number of carbonyl (C=O) groups is 1. The average molecular weight is 210 g/mol. The Morgan fingerprint density at radius 1 is 1.47 bits per heavy atom. The van der Waals surface area contributed by atoms with Crippen LogP contribution in [0.5, 0.6) is 11.5 Å². The Bertz CT molecular complexity index is 390. The van der Waals surface area contributed by atoms with Crippen molar-refractivity contribution in [3.8, 4) is 11.5 Å². The van der Waals surface area contributed by atoms with Gasteiger partial charge in [0.25, 0.3) is 5.91 Å². The van der Waals surface area contributed by atoms with E-state index in [-0.39, 0.29) is 11.5 Å². The van der Waals surface area contributed by atoms with Gasteiger partial charge in [0.1, 0.15) is 18.1 Å². The summed E-state index contributed by atoms with van der Waals surface area (Å²) in [7, 11) is 0. The molecule has 80 valence electrons. The van der Waals surface area contributed by atoms with E-state index in [1.165, 1.54) is 18.3 Å². The molecule has 0 aliphatic heterocycles. The van der Waals surface area contributed by atoms with Gasteiger partial charge in [0.05, 0.1) is 6.21 Å². The minimum Gasteiger partial charge on any atom is -0.508 e. The first-order valence-electron chi connectivity index (χ1n) is 4.08. The van der Waals surface area contributed by atoms with Gasteiger partial charge in [-0.05, 0) is 12.1 Å². The Hall–Kier alpha value is -2.08. The van der Waals surface area contributed by atoms with Gasteiger partial charge in [-0.2, -0.15) is 5.10 Å². The van der Waals surface area contributed by atoms with Crippen molar-refractivity contribution in [1.82, 2.24) is 5.43 Å². The quantitative estimate of drug-likeness (QED) is 0.400. The number of nitrogens with one attached hydrogen (secondary N) is 1. The summed E-state index contributed by atoms with van der Waals surface area (Å²) in [6.45, 7) is -0.654. The molecule has 0 unspecified atom stereocenters. The van der Waals surface area contributed by atoms with E-state index in [0.717, 1.165) is 6.07 Å². The number of hydrazone groups is 1. The molecule has 0 saturated carbocycles. The monoisotopic (exact) mass is 210 g/mol. The van der Waals surface area contributed by atoms with Crippen LogP contribution in [0.4, 0.5) is 0 Å². The maximum absolute atomic E-state index is 10.6. The molecule has 0 aliphatic carbocycles. The first kappa shape index (κ1) is 11.0. The van der Waals surface area contributed by atoms with Crippen molar-refractivity contribution in [2.75, 3.05) is 6.61 Å². The maximum atomic E-state index is 10.6. The van der Waals surface area contributed by atoms with Crippen LogP contribution in [0.1, 0.15) is 5.56 Å². The molecule has 0 fully saturated rings. The summed E-state index contributed by atoms with van der Waals surface area (Å²) >= 11 is 0. The molecule has 1 aromatic rings. The summed E-state index contributed by atoms with van der Waals surface area (Å²) in [6, 6.07) is 3.95. The number of amides is 1. The van der Waals surface area contributed by atoms with Gasteiger partial charge in [-0.3, -0.25) is 4.79 Å². The SMILES string of the molecule is O=C(CO)N/N=C\c1ccc(O)cc1O. The van der Waals surface area contributed by atoms with Crippen LogP contribution in [-0.4, -0.2) is 34.0 Å². The molecule has 1 rings (SSSR count). The largest absolute Gasteiger partial charge is 0.508 e. The number of hydrogen-bond donors (Lipinski definition) is 4. The first-order chi connectivity index (χ1) is 7.13. The molecule has 0 bridgehead atoms. The van der Waals surface area contributed by atoms with Gasteiger partial charge in [0, 0.05) is 11.6 Å². The summed E-state index contributed by atoms with van der Waals surface area (Å²) in [5.41, 5.74) is 2.37. The number of phenolic OH excluding ortho intramolecular Hbond substituents is 2. The predicted octanol–water partition coefficient (Wildman–Crippen LogP) is -0.460. The summed E-state index contributed by atoms with van der Waals surface area (Å²) in [5, 5.41) is 30.1. The molecule has 1 amide bonds. The highest BCUT2D eigenvalue weighted by Gasteiger charge is 1.99. The van der Waals surface area contributed by atoms with Crippen LogP contribution in [0.25, 0.3) is 0 Å². The van der Waals surface area contributed by atoms with Crippen LogP contribution in [0.15, 0.2) is 23.3 Å². The van der Waals surface area contributed by atoms with E-state index in [0.29, 0.717) is 5.56 Å². The number of aromatic hydroxyl groups is 2. The lowest BCUT2D eigenvalue weighted by molar-refractivity contribution is -0.123. The zero-order valence-electron chi connectivity index (χ0n) is 7.71. The molecule has 6 heteroatoms. The molecular weight excluding hydrogens is 200 g/mol. The fourth-order valence-corrected chi connectivity index (χ4v) is 0.850. The van der Waals surface area contributed by atoms with E-state index in [4.69, 9.17) is 10.2 Å². The molecule has 1 aromatic carbocycles. The van der Waals surface area contributed by atoms with E-state index in [1.807, 2.05) is 5.43 Å². The van der Waals surface area contributed by atoms with Gasteiger partial charge in [0.15, 0.2) is 0 Å². The summed E-state index contributed by atoms with van der Waals surface area (Å²) in [4.78, 5) is 10.6. The second kappa shape index (κ2) is 4.97. The Labute approximate surface area is 85.5 Å². The molecule has 0 radical (unpaired) electrons. The minimum atomic E-state index is -0.654. The number of benzene rings is 1. The standard InChI is InChI=1S/C9H10N2O4/c12-5-9(15)11-10-4-6-1-2-7(13)3-8(6)14/h1-4,12-14H,5H2,(H,11,15)/b10-4-. The third kappa shape index (κ3) is 3.28. The zero-order valence-corrected chi connectivity index (χ0v) is 7.71. The van der Waals surface area contributed by atoms with Crippen LogP contribution < -0.4 is 5.43 Å². The summed E-state index contributed by atoms with van der Waals surface area (Å²) < 4.78 is 0. The van der Waals surface area contributed by atoms with E-state index in [1.54, 1.807) is 0 Å². The lowest BCUT2D eigenvalue weighted by atomic mass is 10.2. The summed E-state index contributed by atoms with van der Waals surface area (Å²) in [6.07, 6.45) is 1.20. The van der Waals surface area contributed by atoms with Crippen molar-refractivity contribution in [3.63, 3.8) is 0 Å². The second-order valence-electron chi connectivity index (χ2n) is 2.69. The highest BCUT2D eigenvalue weighted by Crippen LogP contribution is 2.20. The van der Waals surface area contributed by atoms with Crippen molar-refractivity contribution in [2.24, 2.45) is 5.10 Å². The van der Waals surface area contributed by atoms with Gasteiger partial charge in [-0.1, -0.05) is 0 Å². The topological polar surface area (TPSA) is 102 Å². The Kier molecular flexibility index (Phi) is 3.64. The van der Waals surface area contributed by atoms with Gasteiger partial charge in [-0.25, -0.2) is 5.43 Å². The molecule has 4 N–H and O–H groups in total. The number of hydrogen-bond acceptors (Lipinski definition) is 5. The highest BCUT2D eigenvalue weighted by molar-refractivity contribution is 5.85. The number of aliphatic hydroxyl groups is 1. The van der Waals surface area contributed by atoms with E-state index in [2.05, 4.69) is 5.10 Å². The highest BCUT2D eigenvalue weighted by atomic mass is 16.3. The molecule has 0 aromatic heterocycles. The smallest absolute Gasteiger partial charge is 0.265 e. The predicted molar refractivity (Wildman–Crippen MR) is 52.6 cm³/mol. The normalized spacial score (nSPS) is 10.5. The minimum absolute atomic E-state index is 0.0657. The lowest BCUT2D eigenvalue weighted by Crippen LogP contribution is -2.20. The third-order valence-electron chi connectivity index (χ3n) is 1.55. The van der Waals surface area contributed by atoms with Gasteiger partial charge < -0.3 is 15.3 Å². The van der Waals surface area contributed by atoms with Gasteiger partial charge in [0.2, 0.25) is 0 Å². The van der Waals surface area contributed by atoms with Crippen molar-refractivity contribution < 1.29 is 20.1 Å². The molecule has 0 aliphatic rings. The molecule has 0 saturated heterocycles. The van der Waals surface area contributed by atoms with E-state index < -0.39 is 12.5 Å². The van der Waals surface area contributed by atoms with E-state index in [9.17, 15) is 9.90 Å².